The summed E-state index contributed by atoms with van der Waals surface area (Å²) in [7, 11) is 0. The van der Waals surface area contributed by atoms with E-state index in [9.17, 15) is 18.0 Å². The molecule has 0 bridgehead atoms. The van der Waals surface area contributed by atoms with Crippen LogP contribution < -0.4 is 5.32 Å². The van der Waals surface area contributed by atoms with Crippen LogP contribution in [0.1, 0.15) is 35.2 Å². The van der Waals surface area contributed by atoms with Crippen molar-refractivity contribution in [1.29, 1.82) is 0 Å². The van der Waals surface area contributed by atoms with Gasteiger partial charge in [-0.05, 0) is 58.8 Å². The van der Waals surface area contributed by atoms with E-state index in [2.05, 4.69) is 21.2 Å². The minimum atomic E-state index is -4.47. The maximum Gasteiger partial charge on any atom is 0.416 e. The summed E-state index contributed by atoms with van der Waals surface area (Å²) in [5.74, 6) is 0.0113. The third kappa shape index (κ3) is 4.13. The Kier molecular flexibility index (Phi) is 4.88. The van der Waals surface area contributed by atoms with Gasteiger partial charge in [-0.1, -0.05) is 0 Å². The molecule has 1 aromatic rings. The molecular weight excluding hydrogens is 371 g/mol. The van der Waals surface area contributed by atoms with Crippen LogP contribution in [-0.2, 0) is 6.18 Å². The number of hydrogen-bond donors (Lipinski definition) is 1. The number of carbonyl (C=O) groups is 1. The Balaban J connectivity index is 2.08. The topological polar surface area (TPSA) is 29.1 Å². The second kappa shape index (κ2) is 6.16. The Bertz CT molecular complexity index is 544. The molecule has 1 aliphatic rings. The monoisotopic (exact) mass is 383 g/mol. The zero-order valence-corrected chi connectivity index (χ0v) is 13.4. The van der Waals surface area contributed by atoms with E-state index in [0.717, 1.165) is 31.4 Å². The minimum Gasteiger partial charge on any atom is -0.351 e. The lowest BCUT2D eigenvalue weighted by Gasteiger charge is -2.15. The molecule has 0 spiro atoms. The third-order valence-electron chi connectivity index (χ3n) is 3.74. The first-order valence-corrected chi connectivity index (χ1v) is 7.81. The number of carbonyl (C=O) groups excluding carboxylic acids is 1. The first kappa shape index (κ1) is 16.6. The summed E-state index contributed by atoms with van der Waals surface area (Å²) >= 11 is 8.82. The quantitative estimate of drug-likeness (QED) is 0.738. The van der Waals surface area contributed by atoms with Gasteiger partial charge in [0, 0.05) is 16.9 Å². The van der Waals surface area contributed by atoms with Crippen LogP contribution in [0.15, 0.2) is 22.7 Å². The van der Waals surface area contributed by atoms with Gasteiger partial charge in [-0.15, -0.1) is 11.6 Å². The number of hydrogen-bond acceptors (Lipinski definition) is 1. The zero-order valence-electron chi connectivity index (χ0n) is 11.1. The molecule has 1 aromatic carbocycles. The van der Waals surface area contributed by atoms with Crippen LogP contribution in [0.3, 0.4) is 0 Å². The van der Waals surface area contributed by atoms with Crippen LogP contribution in [-0.4, -0.2) is 18.3 Å². The summed E-state index contributed by atoms with van der Waals surface area (Å²) in [6.07, 6.45) is -1.68. The second-order valence-corrected chi connectivity index (χ2v) is 6.55. The average molecular weight is 385 g/mol. The van der Waals surface area contributed by atoms with Crippen LogP contribution in [0.5, 0.6) is 0 Å². The summed E-state index contributed by atoms with van der Waals surface area (Å²) in [5, 5.41) is 2.71. The summed E-state index contributed by atoms with van der Waals surface area (Å²) in [6, 6.07) is 3.04. The first-order valence-electron chi connectivity index (χ1n) is 6.48. The summed E-state index contributed by atoms with van der Waals surface area (Å²) in [6.45, 7) is 0.446. The van der Waals surface area contributed by atoms with Crippen LogP contribution in [0.2, 0.25) is 0 Å². The van der Waals surface area contributed by atoms with Crippen molar-refractivity contribution in [2.24, 2.45) is 5.41 Å². The number of amides is 1. The van der Waals surface area contributed by atoms with E-state index in [0.29, 0.717) is 16.9 Å². The molecule has 7 heteroatoms. The maximum absolute atomic E-state index is 12.7. The lowest BCUT2D eigenvalue weighted by Crippen LogP contribution is -2.31. The molecule has 1 saturated carbocycles. The molecule has 116 valence electrons. The molecule has 2 nitrogen and oxygen atoms in total. The standard InChI is InChI=1S/C14H14BrClF3NO/c15-11-2-1-9(14(17,18)19)7-10(11)12(21)20-8-13(3-4-13)5-6-16/h1-2,7H,3-6,8H2,(H,20,21). The molecule has 0 radical (unpaired) electrons. The molecule has 21 heavy (non-hydrogen) atoms. The van der Waals surface area contributed by atoms with Gasteiger partial charge in [-0.3, -0.25) is 4.79 Å². The molecule has 0 atom stereocenters. The highest BCUT2D eigenvalue weighted by Crippen LogP contribution is 2.48. The first-order chi connectivity index (χ1) is 9.77. The van der Waals surface area contributed by atoms with Crippen molar-refractivity contribution in [3.05, 3.63) is 33.8 Å². The molecule has 0 saturated heterocycles. The van der Waals surface area contributed by atoms with Crippen LogP contribution >= 0.6 is 27.5 Å². The molecule has 0 aromatic heterocycles. The Hall–Kier alpha value is -0.750. The molecule has 0 heterocycles. The fourth-order valence-electron chi connectivity index (χ4n) is 2.13. The number of rotatable bonds is 5. The van der Waals surface area contributed by atoms with E-state index < -0.39 is 17.6 Å². The second-order valence-electron chi connectivity index (χ2n) is 5.31. The highest BCUT2D eigenvalue weighted by molar-refractivity contribution is 9.10. The van der Waals surface area contributed by atoms with Gasteiger partial charge in [0.15, 0.2) is 0 Å². The van der Waals surface area contributed by atoms with E-state index in [4.69, 9.17) is 11.6 Å². The minimum absolute atomic E-state index is 0.00787. The zero-order chi connectivity index (χ0) is 15.7. The Morgan fingerprint density at radius 3 is 2.57 bits per heavy atom. The van der Waals surface area contributed by atoms with Crippen molar-refractivity contribution in [3.63, 3.8) is 0 Å². The number of alkyl halides is 4. The van der Waals surface area contributed by atoms with E-state index in [1.165, 1.54) is 6.07 Å². The van der Waals surface area contributed by atoms with Gasteiger partial charge in [-0.2, -0.15) is 13.2 Å². The average Bonchev–Trinajstić information content (AvgIpc) is 3.16. The van der Waals surface area contributed by atoms with Crippen molar-refractivity contribution in [3.8, 4) is 0 Å². The Morgan fingerprint density at radius 2 is 2.05 bits per heavy atom. The van der Waals surface area contributed by atoms with Crippen molar-refractivity contribution >= 4 is 33.4 Å². The molecule has 2 rings (SSSR count). The molecule has 1 amide bonds. The predicted molar refractivity (Wildman–Crippen MR) is 78.5 cm³/mol. The fourth-order valence-corrected chi connectivity index (χ4v) is 2.96. The number of nitrogens with one attached hydrogen (secondary N) is 1. The molecule has 1 aliphatic carbocycles. The fraction of sp³-hybridized carbons (Fsp3) is 0.500. The predicted octanol–water partition coefficient (Wildman–Crippen LogP) is 4.61. The van der Waals surface area contributed by atoms with Crippen LogP contribution in [0.4, 0.5) is 13.2 Å². The maximum atomic E-state index is 12.7. The van der Waals surface area contributed by atoms with E-state index in [1.807, 2.05) is 0 Å². The Morgan fingerprint density at radius 1 is 1.38 bits per heavy atom. The van der Waals surface area contributed by atoms with E-state index in [-0.39, 0.29) is 11.0 Å². The third-order valence-corrected chi connectivity index (χ3v) is 4.62. The van der Waals surface area contributed by atoms with E-state index >= 15 is 0 Å². The lowest BCUT2D eigenvalue weighted by molar-refractivity contribution is -0.137. The molecular formula is C14H14BrClF3NO. The Labute approximate surface area is 134 Å². The largest absolute Gasteiger partial charge is 0.416 e. The number of halogens is 5. The van der Waals surface area contributed by atoms with Gasteiger partial charge in [0.2, 0.25) is 0 Å². The van der Waals surface area contributed by atoms with Crippen molar-refractivity contribution < 1.29 is 18.0 Å². The highest BCUT2D eigenvalue weighted by atomic mass is 79.9. The summed E-state index contributed by atoms with van der Waals surface area (Å²) in [5.41, 5.74) is -0.810. The molecule has 1 fully saturated rings. The molecule has 0 aliphatic heterocycles. The van der Waals surface area contributed by atoms with Gasteiger partial charge in [-0.25, -0.2) is 0 Å². The highest BCUT2D eigenvalue weighted by Gasteiger charge is 2.42. The number of benzene rings is 1. The van der Waals surface area contributed by atoms with E-state index in [1.54, 1.807) is 0 Å². The van der Waals surface area contributed by atoms with Crippen LogP contribution in [0, 0.1) is 5.41 Å². The smallest absolute Gasteiger partial charge is 0.351 e. The molecule has 0 unspecified atom stereocenters. The lowest BCUT2D eigenvalue weighted by atomic mass is 10.0. The summed E-state index contributed by atoms with van der Waals surface area (Å²) < 4.78 is 38.4. The van der Waals surface area contributed by atoms with Gasteiger partial charge in [0.1, 0.15) is 0 Å². The molecule has 1 N–H and O–H groups in total. The normalized spacial score (nSPS) is 16.6. The van der Waals surface area contributed by atoms with Crippen molar-refractivity contribution in [2.45, 2.75) is 25.4 Å². The van der Waals surface area contributed by atoms with Gasteiger partial charge < -0.3 is 5.32 Å². The van der Waals surface area contributed by atoms with Crippen molar-refractivity contribution in [1.82, 2.24) is 5.32 Å². The van der Waals surface area contributed by atoms with Crippen molar-refractivity contribution in [2.75, 3.05) is 12.4 Å². The SMILES string of the molecule is O=C(NCC1(CCCl)CC1)c1cc(C(F)(F)F)ccc1Br. The van der Waals surface area contributed by atoms with Crippen LogP contribution in [0.25, 0.3) is 0 Å². The summed E-state index contributed by atoms with van der Waals surface area (Å²) in [4.78, 5) is 12.1. The van der Waals surface area contributed by atoms with Gasteiger partial charge >= 0.3 is 6.18 Å². The van der Waals surface area contributed by atoms with Gasteiger partial charge in [0.05, 0.1) is 11.1 Å². The van der Waals surface area contributed by atoms with Gasteiger partial charge in [0.25, 0.3) is 5.91 Å².